The van der Waals surface area contributed by atoms with Gasteiger partial charge in [-0.15, -0.1) is 0 Å². The second-order valence-corrected chi connectivity index (χ2v) is 4.93. The van der Waals surface area contributed by atoms with Gasteiger partial charge in [0.1, 0.15) is 12.0 Å². The molecule has 0 aliphatic heterocycles. The Labute approximate surface area is 118 Å². The molecule has 0 amide bonds. The summed E-state index contributed by atoms with van der Waals surface area (Å²) in [6, 6.07) is 13.0. The highest BCUT2D eigenvalue weighted by Gasteiger charge is 2.10. The van der Waals surface area contributed by atoms with Gasteiger partial charge in [0.15, 0.2) is 0 Å². The lowest BCUT2D eigenvalue weighted by atomic mass is 10.0. The first-order valence-corrected chi connectivity index (χ1v) is 6.50. The third kappa shape index (κ3) is 3.15. The summed E-state index contributed by atoms with van der Waals surface area (Å²) in [5.41, 5.74) is 2.36. The van der Waals surface area contributed by atoms with Crippen LogP contribution in [0.1, 0.15) is 24.2 Å². The predicted molar refractivity (Wildman–Crippen MR) is 78.0 cm³/mol. The molecule has 98 valence electrons. The summed E-state index contributed by atoms with van der Waals surface area (Å²) in [4.78, 5) is 10.7. The topological polar surface area (TPSA) is 26.3 Å². The first-order chi connectivity index (χ1) is 9.11. The van der Waals surface area contributed by atoms with Gasteiger partial charge < -0.3 is 4.74 Å². The Morgan fingerprint density at radius 2 is 1.84 bits per heavy atom. The third-order valence-electron chi connectivity index (χ3n) is 2.67. The van der Waals surface area contributed by atoms with E-state index < -0.39 is 0 Å². The molecule has 2 nitrogen and oxygen atoms in total. The summed E-state index contributed by atoms with van der Waals surface area (Å²) >= 11 is 6.24. The molecule has 0 spiro atoms. The van der Waals surface area contributed by atoms with Crippen LogP contribution in [0.5, 0.6) is 5.75 Å². The molecule has 19 heavy (non-hydrogen) atoms. The molecule has 0 aliphatic carbocycles. The van der Waals surface area contributed by atoms with Gasteiger partial charge in [-0.2, -0.15) is 0 Å². The van der Waals surface area contributed by atoms with Gasteiger partial charge in [0.25, 0.3) is 0 Å². The zero-order chi connectivity index (χ0) is 13.8. The standard InChI is InChI=1S/C16H15ClO2/c1-11(2)19-16-6-4-3-5-14(16)13-8-7-12(10-18)9-15(13)17/h3-11H,1-2H3. The van der Waals surface area contributed by atoms with E-state index in [1.165, 1.54) is 0 Å². The lowest BCUT2D eigenvalue weighted by Crippen LogP contribution is -2.06. The van der Waals surface area contributed by atoms with E-state index in [2.05, 4.69) is 0 Å². The molecule has 0 aliphatic rings. The SMILES string of the molecule is CC(C)Oc1ccccc1-c1ccc(C=O)cc1Cl. The van der Waals surface area contributed by atoms with E-state index in [0.29, 0.717) is 10.6 Å². The fourth-order valence-electron chi connectivity index (χ4n) is 1.87. The third-order valence-corrected chi connectivity index (χ3v) is 2.98. The maximum Gasteiger partial charge on any atom is 0.150 e. The van der Waals surface area contributed by atoms with Gasteiger partial charge in [-0.25, -0.2) is 0 Å². The van der Waals surface area contributed by atoms with Crippen molar-refractivity contribution >= 4 is 17.9 Å². The molecule has 2 aromatic carbocycles. The van der Waals surface area contributed by atoms with Gasteiger partial charge in [-0.05, 0) is 26.0 Å². The summed E-state index contributed by atoms with van der Waals surface area (Å²) in [6.07, 6.45) is 0.876. The Bertz CT molecular complexity index is 591. The molecule has 0 aromatic heterocycles. The maximum atomic E-state index is 10.7. The average molecular weight is 275 g/mol. The van der Waals surface area contributed by atoms with Crippen molar-refractivity contribution in [2.45, 2.75) is 20.0 Å². The van der Waals surface area contributed by atoms with E-state index in [0.717, 1.165) is 23.2 Å². The van der Waals surface area contributed by atoms with Crippen LogP contribution in [0, 0.1) is 0 Å². The number of aldehydes is 1. The van der Waals surface area contributed by atoms with Gasteiger partial charge >= 0.3 is 0 Å². The van der Waals surface area contributed by atoms with Gasteiger partial charge in [-0.3, -0.25) is 4.79 Å². The van der Waals surface area contributed by atoms with Crippen molar-refractivity contribution in [1.29, 1.82) is 0 Å². The number of halogens is 1. The Balaban J connectivity index is 2.49. The fraction of sp³-hybridized carbons (Fsp3) is 0.188. The molecule has 0 saturated carbocycles. The lowest BCUT2D eigenvalue weighted by Gasteiger charge is -2.15. The second-order valence-electron chi connectivity index (χ2n) is 4.52. The Morgan fingerprint density at radius 3 is 2.47 bits per heavy atom. The van der Waals surface area contributed by atoms with E-state index >= 15 is 0 Å². The van der Waals surface area contributed by atoms with Gasteiger partial charge in [0.2, 0.25) is 0 Å². The molecule has 0 bridgehead atoms. The molecule has 2 rings (SSSR count). The quantitative estimate of drug-likeness (QED) is 0.761. The van der Waals surface area contributed by atoms with Crippen LogP contribution in [0.25, 0.3) is 11.1 Å². The number of benzene rings is 2. The highest BCUT2D eigenvalue weighted by molar-refractivity contribution is 6.33. The maximum absolute atomic E-state index is 10.7. The average Bonchev–Trinajstić information content (AvgIpc) is 2.39. The molecule has 3 heteroatoms. The van der Waals surface area contributed by atoms with E-state index in [4.69, 9.17) is 16.3 Å². The fourth-order valence-corrected chi connectivity index (χ4v) is 2.16. The van der Waals surface area contributed by atoms with Crippen molar-refractivity contribution in [2.75, 3.05) is 0 Å². The van der Waals surface area contributed by atoms with Crippen LogP contribution in [0.4, 0.5) is 0 Å². The van der Waals surface area contributed by atoms with Gasteiger partial charge in [-0.1, -0.05) is 41.9 Å². The number of hydrogen-bond acceptors (Lipinski definition) is 2. The number of ether oxygens (including phenoxy) is 1. The number of rotatable bonds is 4. The number of hydrogen-bond donors (Lipinski definition) is 0. The van der Waals surface area contributed by atoms with Crippen molar-refractivity contribution in [3.63, 3.8) is 0 Å². The van der Waals surface area contributed by atoms with Crippen molar-refractivity contribution in [2.24, 2.45) is 0 Å². The smallest absolute Gasteiger partial charge is 0.150 e. The number of carbonyl (C=O) groups is 1. The number of para-hydroxylation sites is 1. The first-order valence-electron chi connectivity index (χ1n) is 6.12. The van der Waals surface area contributed by atoms with Crippen LogP contribution in [0.2, 0.25) is 5.02 Å². The van der Waals surface area contributed by atoms with Gasteiger partial charge in [0.05, 0.1) is 6.10 Å². The molecular weight excluding hydrogens is 260 g/mol. The van der Waals surface area contributed by atoms with Crippen molar-refractivity contribution < 1.29 is 9.53 Å². The minimum Gasteiger partial charge on any atom is -0.490 e. The van der Waals surface area contributed by atoms with E-state index in [1.54, 1.807) is 12.1 Å². The van der Waals surface area contributed by atoms with Crippen LogP contribution in [0.3, 0.4) is 0 Å². The Kier molecular flexibility index (Phi) is 4.23. The summed E-state index contributed by atoms with van der Waals surface area (Å²) < 4.78 is 5.78. The van der Waals surface area contributed by atoms with Crippen LogP contribution in [0.15, 0.2) is 42.5 Å². The summed E-state index contributed by atoms with van der Waals surface area (Å²) in [6.45, 7) is 3.96. The van der Waals surface area contributed by atoms with Crippen molar-refractivity contribution in [3.8, 4) is 16.9 Å². The minimum absolute atomic E-state index is 0.0918. The molecular formula is C16H15ClO2. The molecule has 0 unspecified atom stereocenters. The predicted octanol–water partition coefficient (Wildman–Crippen LogP) is 4.61. The molecule has 0 atom stereocenters. The molecule has 0 N–H and O–H groups in total. The zero-order valence-electron chi connectivity index (χ0n) is 10.9. The highest BCUT2D eigenvalue weighted by atomic mass is 35.5. The summed E-state index contributed by atoms with van der Waals surface area (Å²) in [7, 11) is 0. The molecule has 0 radical (unpaired) electrons. The summed E-state index contributed by atoms with van der Waals surface area (Å²) in [5.74, 6) is 0.790. The van der Waals surface area contributed by atoms with Crippen molar-refractivity contribution in [1.82, 2.24) is 0 Å². The Morgan fingerprint density at radius 1 is 1.11 bits per heavy atom. The van der Waals surface area contributed by atoms with E-state index in [-0.39, 0.29) is 6.10 Å². The monoisotopic (exact) mass is 274 g/mol. The van der Waals surface area contributed by atoms with E-state index in [9.17, 15) is 4.79 Å². The summed E-state index contributed by atoms with van der Waals surface area (Å²) in [5, 5.41) is 0.546. The molecule has 0 heterocycles. The van der Waals surface area contributed by atoms with Crippen LogP contribution >= 0.6 is 11.6 Å². The molecule has 2 aromatic rings. The minimum atomic E-state index is 0.0918. The first kappa shape index (κ1) is 13.6. The van der Waals surface area contributed by atoms with Crippen LogP contribution in [-0.4, -0.2) is 12.4 Å². The van der Waals surface area contributed by atoms with Crippen LogP contribution < -0.4 is 4.74 Å². The van der Waals surface area contributed by atoms with Gasteiger partial charge in [0, 0.05) is 21.7 Å². The highest BCUT2D eigenvalue weighted by Crippen LogP contribution is 2.35. The normalized spacial score (nSPS) is 10.5. The van der Waals surface area contributed by atoms with Crippen molar-refractivity contribution in [3.05, 3.63) is 53.1 Å². The molecule has 0 fully saturated rings. The largest absolute Gasteiger partial charge is 0.490 e. The lowest BCUT2D eigenvalue weighted by molar-refractivity contribution is 0.112. The number of carbonyl (C=O) groups excluding carboxylic acids is 1. The zero-order valence-corrected chi connectivity index (χ0v) is 11.6. The van der Waals surface area contributed by atoms with E-state index in [1.807, 2.05) is 44.2 Å². The second kappa shape index (κ2) is 5.89. The Hall–Kier alpha value is -1.80. The van der Waals surface area contributed by atoms with Crippen LogP contribution in [-0.2, 0) is 0 Å². The molecule has 0 saturated heterocycles.